The SMILES string of the molecule is Cn1ncc(N2CC3CC=CCC3C2)c(Br)c1=O. The first-order chi connectivity index (χ1) is 8.66. The van der Waals surface area contributed by atoms with Crippen LogP contribution in [-0.4, -0.2) is 22.9 Å². The quantitative estimate of drug-likeness (QED) is 0.744. The van der Waals surface area contributed by atoms with E-state index in [9.17, 15) is 4.79 Å². The maximum Gasteiger partial charge on any atom is 0.282 e. The normalized spacial score (nSPS) is 26.4. The molecule has 0 radical (unpaired) electrons. The van der Waals surface area contributed by atoms with Crippen molar-refractivity contribution in [1.29, 1.82) is 0 Å². The van der Waals surface area contributed by atoms with Crippen LogP contribution in [0.15, 0.2) is 27.6 Å². The lowest BCUT2D eigenvalue weighted by Gasteiger charge is -2.19. The highest BCUT2D eigenvalue weighted by molar-refractivity contribution is 9.10. The minimum Gasteiger partial charge on any atom is -0.369 e. The Labute approximate surface area is 114 Å². The maximum atomic E-state index is 11.9. The van der Waals surface area contributed by atoms with E-state index in [0.29, 0.717) is 4.47 Å². The van der Waals surface area contributed by atoms with Crippen molar-refractivity contribution in [1.82, 2.24) is 9.78 Å². The summed E-state index contributed by atoms with van der Waals surface area (Å²) < 4.78 is 1.99. The predicted molar refractivity (Wildman–Crippen MR) is 74.7 cm³/mol. The Morgan fingerprint density at radius 2 is 1.89 bits per heavy atom. The predicted octanol–water partition coefficient (Wildman–Crippen LogP) is 1.95. The van der Waals surface area contributed by atoms with Gasteiger partial charge in [0.25, 0.3) is 5.56 Å². The molecule has 1 aliphatic carbocycles. The van der Waals surface area contributed by atoms with Gasteiger partial charge in [-0.15, -0.1) is 0 Å². The molecule has 18 heavy (non-hydrogen) atoms. The molecule has 96 valence electrons. The second-order valence-electron chi connectivity index (χ2n) is 5.14. The van der Waals surface area contributed by atoms with Crippen LogP contribution < -0.4 is 10.5 Å². The van der Waals surface area contributed by atoms with E-state index in [1.165, 1.54) is 4.68 Å². The van der Waals surface area contributed by atoms with Crippen LogP contribution in [0.5, 0.6) is 0 Å². The van der Waals surface area contributed by atoms with Gasteiger partial charge < -0.3 is 4.90 Å². The number of fused-ring (bicyclic) bond motifs is 1. The number of aryl methyl sites for hydroxylation is 1. The van der Waals surface area contributed by atoms with Gasteiger partial charge in [-0.05, 0) is 40.6 Å². The number of aromatic nitrogens is 2. The minimum absolute atomic E-state index is 0.0690. The zero-order chi connectivity index (χ0) is 12.7. The molecule has 0 bridgehead atoms. The topological polar surface area (TPSA) is 38.1 Å². The van der Waals surface area contributed by atoms with E-state index in [0.717, 1.165) is 43.5 Å². The summed E-state index contributed by atoms with van der Waals surface area (Å²) in [6.45, 7) is 2.06. The fourth-order valence-corrected chi connectivity index (χ4v) is 3.54. The lowest BCUT2D eigenvalue weighted by atomic mass is 9.86. The molecule has 1 aromatic heterocycles. The molecule has 2 atom stereocenters. The van der Waals surface area contributed by atoms with Crippen molar-refractivity contribution in [3.63, 3.8) is 0 Å². The van der Waals surface area contributed by atoms with Gasteiger partial charge in [-0.1, -0.05) is 12.2 Å². The van der Waals surface area contributed by atoms with Crippen molar-refractivity contribution in [2.75, 3.05) is 18.0 Å². The van der Waals surface area contributed by atoms with Gasteiger partial charge in [0, 0.05) is 20.1 Å². The highest BCUT2D eigenvalue weighted by Gasteiger charge is 2.33. The van der Waals surface area contributed by atoms with Gasteiger partial charge in [-0.2, -0.15) is 5.10 Å². The lowest BCUT2D eigenvalue weighted by molar-refractivity contribution is 0.411. The molecule has 1 aliphatic heterocycles. The Bertz CT molecular complexity index is 536. The average molecular weight is 310 g/mol. The molecule has 0 aromatic carbocycles. The number of hydrogen-bond donors (Lipinski definition) is 0. The molecule has 1 fully saturated rings. The van der Waals surface area contributed by atoms with Crippen LogP contribution in [0.4, 0.5) is 5.69 Å². The fraction of sp³-hybridized carbons (Fsp3) is 0.538. The van der Waals surface area contributed by atoms with Crippen LogP contribution in [-0.2, 0) is 7.05 Å². The summed E-state index contributed by atoms with van der Waals surface area (Å²) >= 11 is 3.41. The van der Waals surface area contributed by atoms with Crippen molar-refractivity contribution in [3.05, 3.63) is 33.2 Å². The Kier molecular flexibility index (Phi) is 3.01. The molecule has 2 unspecified atom stereocenters. The molecule has 1 saturated heterocycles. The van der Waals surface area contributed by atoms with Crippen LogP contribution in [0.1, 0.15) is 12.8 Å². The summed E-state index contributed by atoms with van der Waals surface area (Å²) in [6.07, 6.45) is 8.67. The molecule has 2 aliphatic rings. The summed E-state index contributed by atoms with van der Waals surface area (Å²) in [6, 6.07) is 0. The highest BCUT2D eigenvalue weighted by Crippen LogP contribution is 2.36. The molecule has 1 aromatic rings. The van der Waals surface area contributed by atoms with Crippen molar-refractivity contribution in [2.45, 2.75) is 12.8 Å². The van der Waals surface area contributed by atoms with E-state index in [-0.39, 0.29) is 5.56 Å². The van der Waals surface area contributed by atoms with Crippen LogP contribution >= 0.6 is 15.9 Å². The third kappa shape index (κ3) is 1.90. The summed E-state index contributed by atoms with van der Waals surface area (Å²) in [5, 5.41) is 4.12. The molecule has 5 heteroatoms. The van der Waals surface area contributed by atoms with E-state index < -0.39 is 0 Å². The summed E-state index contributed by atoms with van der Waals surface area (Å²) in [5.41, 5.74) is 0.869. The first-order valence-corrected chi connectivity index (χ1v) is 7.08. The second kappa shape index (κ2) is 4.53. The number of hydrogen-bond acceptors (Lipinski definition) is 3. The number of allylic oxidation sites excluding steroid dienone is 2. The second-order valence-corrected chi connectivity index (χ2v) is 5.93. The van der Waals surface area contributed by atoms with Crippen LogP contribution in [0.25, 0.3) is 0 Å². The molecule has 0 N–H and O–H groups in total. The van der Waals surface area contributed by atoms with Crippen molar-refractivity contribution >= 4 is 21.6 Å². The number of nitrogens with zero attached hydrogens (tertiary/aromatic N) is 3. The van der Waals surface area contributed by atoms with Gasteiger partial charge >= 0.3 is 0 Å². The van der Waals surface area contributed by atoms with Gasteiger partial charge in [0.2, 0.25) is 0 Å². The third-order valence-electron chi connectivity index (χ3n) is 4.02. The first-order valence-electron chi connectivity index (χ1n) is 6.28. The van der Waals surface area contributed by atoms with Crippen molar-refractivity contribution in [3.8, 4) is 0 Å². The van der Waals surface area contributed by atoms with E-state index in [1.807, 2.05) is 0 Å². The zero-order valence-corrected chi connectivity index (χ0v) is 11.9. The molecular weight excluding hydrogens is 294 g/mol. The number of rotatable bonds is 1. The van der Waals surface area contributed by atoms with E-state index in [1.54, 1.807) is 13.2 Å². The molecule has 0 amide bonds. The Morgan fingerprint density at radius 3 is 2.50 bits per heavy atom. The summed E-state index contributed by atoms with van der Waals surface area (Å²) in [5.74, 6) is 1.46. The van der Waals surface area contributed by atoms with Gasteiger partial charge in [-0.3, -0.25) is 4.79 Å². The smallest absolute Gasteiger partial charge is 0.282 e. The molecule has 0 saturated carbocycles. The van der Waals surface area contributed by atoms with Gasteiger partial charge in [0.15, 0.2) is 0 Å². The third-order valence-corrected chi connectivity index (χ3v) is 4.77. The zero-order valence-electron chi connectivity index (χ0n) is 10.3. The highest BCUT2D eigenvalue weighted by atomic mass is 79.9. The molecule has 4 nitrogen and oxygen atoms in total. The maximum absolute atomic E-state index is 11.9. The fourth-order valence-electron chi connectivity index (χ4n) is 2.93. The standard InChI is InChI=1S/C13H16BrN3O/c1-16-13(18)12(14)11(6-15-16)17-7-9-4-2-3-5-10(9)8-17/h2-3,6,9-10H,4-5,7-8H2,1H3. The first kappa shape index (κ1) is 12.0. The van der Waals surface area contributed by atoms with Crippen molar-refractivity contribution < 1.29 is 0 Å². The Balaban J connectivity index is 1.89. The monoisotopic (exact) mass is 309 g/mol. The molecule has 3 rings (SSSR count). The Hall–Kier alpha value is -1.10. The molecular formula is C13H16BrN3O. The van der Waals surface area contributed by atoms with Crippen LogP contribution in [0.2, 0.25) is 0 Å². The van der Waals surface area contributed by atoms with E-state index >= 15 is 0 Å². The lowest BCUT2D eigenvalue weighted by Crippen LogP contribution is -2.27. The molecule has 2 heterocycles. The largest absolute Gasteiger partial charge is 0.369 e. The van der Waals surface area contributed by atoms with Crippen molar-refractivity contribution in [2.24, 2.45) is 18.9 Å². The summed E-state index contributed by atoms with van der Waals surface area (Å²) in [4.78, 5) is 14.2. The number of halogens is 1. The van der Waals surface area contributed by atoms with Gasteiger partial charge in [-0.25, -0.2) is 4.68 Å². The van der Waals surface area contributed by atoms with Gasteiger partial charge in [0.1, 0.15) is 4.47 Å². The Morgan fingerprint density at radius 1 is 1.28 bits per heavy atom. The van der Waals surface area contributed by atoms with Crippen LogP contribution in [0.3, 0.4) is 0 Å². The van der Waals surface area contributed by atoms with Crippen LogP contribution in [0, 0.1) is 11.8 Å². The number of anilines is 1. The minimum atomic E-state index is -0.0690. The van der Waals surface area contributed by atoms with Gasteiger partial charge in [0.05, 0.1) is 11.9 Å². The van der Waals surface area contributed by atoms with E-state index in [4.69, 9.17) is 0 Å². The van der Waals surface area contributed by atoms with E-state index in [2.05, 4.69) is 38.1 Å². The average Bonchev–Trinajstić information content (AvgIpc) is 2.79. The summed E-state index contributed by atoms with van der Waals surface area (Å²) in [7, 11) is 1.67. The molecule has 0 spiro atoms.